The van der Waals surface area contributed by atoms with Crippen LogP contribution in [0.1, 0.15) is 34.3 Å². The van der Waals surface area contributed by atoms with E-state index in [-0.39, 0.29) is 12.0 Å². The molecule has 0 saturated carbocycles. The van der Waals surface area contributed by atoms with Crippen molar-refractivity contribution in [1.29, 1.82) is 5.26 Å². The van der Waals surface area contributed by atoms with Gasteiger partial charge in [-0.1, -0.05) is 24.3 Å². The summed E-state index contributed by atoms with van der Waals surface area (Å²) in [7, 11) is 0. The van der Waals surface area contributed by atoms with E-state index in [1.807, 2.05) is 48.5 Å². The third-order valence-corrected chi connectivity index (χ3v) is 4.30. The molecular formula is C21H20N6. The maximum Gasteiger partial charge on any atom is 0.0991 e. The van der Waals surface area contributed by atoms with E-state index in [1.165, 1.54) is 6.20 Å². The van der Waals surface area contributed by atoms with Gasteiger partial charge in [0.2, 0.25) is 0 Å². The number of benzene rings is 1. The van der Waals surface area contributed by atoms with Crippen LogP contribution in [0, 0.1) is 11.3 Å². The topological polar surface area (TPSA) is 105 Å². The van der Waals surface area contributed by atoms with Crippen LogP contribution in [0.15, 0.2) is 85.6 Å². The first kappa shape index (κ1) is 18.1. The minimum atomic E-state index is -0.343. The second kappa shape index (κ2) is 8.61. The van der Waals surface area contributed by atoms with Gasteiger partial charge in [-0.25, -0.2) is 5.84 Å². The third-order valence-electron chi connectivity index (χ3n) is 4.30. The number of nitriles is 1. The highest BCUT2D eigenvalue weighted by molar-refractivity contribution is 5.41. The minimum absolute atomic E-state index is 0.205. The van der Waals surface area contributed by atoms with Crippen LogP contribution in [0.2, 0.25) is 0 Å². The maximum absolute atomic E-state index is 9.33. The van der Waals surface area contributed by atoms with Gasteiger partial charge in [0.1, 0.15) is 0 Å². The first-order chi connectivity index (χ1) is 13.2. The summed E-state index contributed by atoms with van der Waals surface area (Å²) in [4.78, 5) is 8.78. The Kier molecular flexibility index (Phi) is 5.77. The molecule has 0 amide bonds. The molecule has 27 heavy (non-hydrogen) atoms. The lowest BCUT2D eigenvalue weighted by Gasteiger charge is -2.33. The van der Waals surface area contributed by atoms with E-state index in [9.17, 15) is 5.26 Å². The molecule has 2 aromatic heterocycles. The molecule has 2 atom stereocenters. The fraction of sp³-hybridized carbons (Fsp3) is 0.0952. The van der Waals surface area contributed by atoms with Crippen molar-refractivity contribution < 1.29 is 0 Å². The second-order valence-electron chi connectivity index (χ2n) is 5.99. The molecule has 2 heterocycles. The number of nitrogens with two attached hydrogens (primary N) is 2. The Hall–Kier alpha value is -3.69. The molecule has 1 aromatic carbocycles. The van der Waals surface area contributed by atoms with Gasteiger partial charge < -0.3 is 10.7 Å². The molecule has 0 spiro atoms. The Labute approximate surface area is 158 Å². The Balaban J connectivity index is 2.21. The van der Waals surface area contributed by atoms with E-state index < -0.39 is 0 Å². The Bertz CT molecular complexity index is 934. The Morgan fingerprint density at radius 1 is 1.04 bits per heavy atom. The summed E-state index contributed by atoms with van der Waals surface area (Å²) in [6, 6.07) is 18.9. The molecule has 3 rings (SSSR count). The summed E-state index contributed by atoms with van der Waals surface area (Å²) < 4.78 is 0. The highest BCUT2D eigenvalue weighted by Crippen LogP contribution is 2.39. The van der Waals surface area contributed by atoms with Crippen LogP contribution in [-0.4, -0.2) is 15.0 Å². The van der Waals surface area contributed by atoms with Gasteiger partial charge in [-0.15, -0.1) is 0 Å². The van der Waals surface area contributed by atoms with Crippen LogP contribution in [0.4, 0.5) is 0 Å². The van der Waals surface area contributed by atoms with Gasteiger partial charge in [-0.3, -0.25) is 9.97 Å². The van der Waals surface area contributed by atoms with Crippen LogP contribution in [0.3, 0.4) is 0 Å². The minimum Gasteiger partial charge on any atom is -0.403 e. The van der Waals surface area contributed by atoms with Gasteiger partial charge >= 0.3 is 0 Å². The summed E-state index contributed by atoms with van der Waals surface area (Å²) in [5, 5.41) is 10.9. The molecule has 2 unspecified atom stereocenters. The molecule has 3 aromatic rings. The number of rotatable bonds is 6. The number of pyridine rings is 2. The summed E-state index contributed by atoms with van der Waals surface area (Å²) in [5.74, 6) is 6.14. The summed E-state index contributed by atoms with van der Waals surface area (Å²) >= 11 is 0. The van der Waals surface area contributed by atoms with Crippen LogP contribution in [-0.2, 0) is 0 Å². The van der Waals surface area contributed by atoms with Crippen LogP contribution in [0.5, 0.6) is 0 Å². The Morgan fingerprint density at radius 3 is 2.56 bits per heavy atom. The van der Waals surface area contributed by atoms with Gasteiger partial charge in [-0.05, 0) is 41.5 Å². The average Bonchev–Trinajstić information content (AvgIpc) is 2.73. The van der Waals surface area contributed by atoms with Crippen molar-refractivity contribution in [3.8, 4) is 6.07 Å². The van der Waals surface area contributed by atoms with Gasteiger partial charge in [0, 0.05) is 36.9 Å². The zero-order chi connectivity index (χ0) is 19.1. The molecule has 6 nitrogen and oxygen atoms in total. The van der Waals surface area contributed by atoms with Crippen molar-refractivity contribution >= 4 is 0 Å². The largest absolute Gasteiger partial charge is 0.403 e. The predicted octanol–water partition coefficient (Wildman–Crippen LogP) is 2.83. The van der Waals surface area contributed by atoms with Gasteiger partial charge in [-0.2, -0.15) is 5.26 Å². The first-order valence-electron chi connectivity index (χ1n) is 8.47. The van der Waals surface area contributed by atoms with E-state index in [0.717, 1.165) is 16.8 Å². The molecule has 0 saturated heterocycles. The fourth-order valence-corrected chi connectivity index (χ4v) is 3.16. The van der Waals surface area contributed by atoms with Crippen molar-refractivity contribution in [1.82, 2.24) is 15.0 Å². The smallest absolute Gasteiger partial charge is 0.0991 e. The number of aromatic nitrogens is 2. The average molecular weight is 356 g/mol. The molecule has 0 bridgehead atoms. The summed E-state index contributed by atoms with van der Waals surface area (Å²) in [6.07, 6.45) is 8.26. The normalized spacial score (nSPS) is 13.0. The van der Waals surface area contributed by atoms with Crippen molar-refractivity contribution in [3.05, 3.63) is 108 Å². The van der Waals surface area contributed by atoms with Crippen molar-refractivity contribution in [3.63, 3.8) is 0 Å². The zero-order valence-electron chi connectivity index (χ0n) is 14.7. The maximum atomic E-state index is 9.33. The second-order valence-corrected chi connectivity index (χ2v) is 5.99. The molecule has 0 fully saturated rings. The van der Waals surface area contributed by atoms with Crippen molar-refractivity contribution in [2.45, 2.75) is 12.0 Å². The number of nitrogens with zero attached hydrogens (tertiary/aromatic N) is 4. The summed E-state index contributed by atoms with van der Waals surface area (Å²) in [5.41, 5.74) is 8.86. The quantitative estimate of drug-likeness (QED) is 0.520. The Morgan fingerprint density at radius 2 is 1.89 bits per heavy atom. The summed E-state index contributed by atoms with van der Waals surface area (Å²) in [6.45, 7) is 0. The standard InChI is InChI=1S/C21H20N6/c22-9-12-27(24)21(19-8-1-2-11-26-19)20(18-7-4-10-25-15-18)17-6-3-5-16(13-17)14-23/h1-13,15,20-21H,22,24H2/b12-9-. The lowest BCUT2D eigenvalue weighted by Crippen LogP contribution is -2.35. The lowest BCUT2D eigenvalue weighted by atomic mass is 9.83. The molecule has 0 aliphatic rings. The van der Waals surface area contributed by atoms with Crippen molar-refractivity contribution in [2.24, 2.45) is 11.6 Å². The number of hydrogen-bond acceptors (Lipinski definition) is 6. The third kappa shape index (κ3) is 4.11. The van der Waals surface area contributed by atoms with E-state index in [1.54, 1.807) is 35.9 Å². The molecule has 6 heteroatoms. The number of hydrazine groups is 1. The van der Waals surface area contributed by atoms with E-state index in [0.29, 0.717) is 5.56 Å². The fourth-order valence-electron chi connectivity index (χ4n) is 3.16. The lowest BCUT2D eigenvalue weighted by molar-refractivity contribution is 0.258. The van der Waals surface area contributed by atoms with Gasteiger partial charge in [0.05, 0.1) is 23.4 Å². The van der Waals surface area contributed by atoms with E-state index >= 15 is 0 Å². The molecule has 0 radical (unpaired) electrons. The molecule has 134 valence electrons. The zero-order valence-corrected chi connectivity index (χ0v) is 14.7. The van der Waals surface area contributed by atoms with Gasteiger partial charge in [0.25, 0.3) is 0 Å². The molecule has 4 N–H and O–H groups in total. The van der Waals surface area contributed by atoms with Crippen molar-refractivity contribution in [2.75, 3.05) is 0 Å². The highest BCUT2D eigenvalue weighted by Gasteiger charge is 2.30. The van der Waals surface area contributed by atoms with Crippen LogP contribution in [0.25, 0.3) is 0 Å². The van der Waals surface area contributed by atoms with E-state index in [4.69, 9.17) is 11.6 Å². The molecular weight excluding hydrogens is 336 g/mol. The van der Waals surface area contributed by atoms with Gasteiger partial charge in [0.15, 0.2) is 0 Å². The van der Waals surface area contributed by atoms with E-state index in [2.05, 4.69) is 16.0 Å². The monoisotopic (exact) mass is 356 g/mol. The highest BCUT2D eigenvalue weighted by atomic mass is 15.4. The number of hydrogen-bond donors (Lipinski definition) is 2. The molecule has 0 aliphatic heterocycles. The molecule has 0 aliphatic carbocycles. The van der Waals surface area contributed by atoms with Crippen LogP contribution >= 0.6 is 0 Å². The predicted molar refractivity (Wildman–Crippen MR) is 104 cm³/mol. The first-order valence-corrected chi connectivity index (χ1v) is 8.47. The van der Waals surface area contributed by atoms with Crippen LogP contribution < -0.4 is 11.6 Å². The SMILES string of the molecule is N#Cc1cccc(C(c2cccnc2)C(c2ccccn2)N(N)/C=C\N)c1.